The van der Waals surface area contributed by atoms with Crippen molar-refractivity contribution in [3.05, 3.63) is 0 Å². The molecule has 0 aromatic carbocycles. The van der Waals surface area contributed by atoms with Gasteiger partial charge < -0.3 is 5.11 Å². The van der Waals surface area contributed by atoms with Gasteiger partial charge in [-0.15, -0.1) is 0 Å². The van der Waals surface area contributed by atoms with Gasteiger partial charge in [0.15, 0.2) is 0 Å². The lowest BCUT2D eigenvalue weighted by Crippen LogP contribution is -2.38. The molecule has 2 aliphatic rings. The Morgan fingerprint density at radius 3 is 2.40 bits per heavy atom. The largest absolute Gasteiger partial charge is 0.389 e. The molecular weight excluding hydrogens is 214 g/mol. The minimum Gasteiger partial charge on any atom is -0.389 e. The van der Waals surface area contributed by atoms with E-state index < -0.39 is 15.6 Å². The quantitative estimate of drug-likeness (QED) is 0.764. The van der Waals surface area contributed by atoms with Crippen LogP contribution in [0, 0.1) is 0 Å². The van der Waals surface area contributed by atoms with Crippen LogP contribution in [0.15, 0.2) is 0 Å². The van der Waals surface area contributed by atoms with Crippen LogP contribution in [0.1, 0.15) is 39.0 Å². The van der Waals surface area contributed by atoms with Crippen molar-refractivity contribution in [3.8, 4) is 0 Å². The van der Waals surface area contributed by atoms with Gasteiger partial charge in [0.2, 0.25) is 10.0 Å². The molecule has 88 valence electrons. The highest BCUT2D eigenvalue weighted by Gasteiger charge is 2.41. The maximum atomic E-state index is 12.1. The lowest BCUT2D eigenvalue weighted by Gasteiger charge is -2.22. The van der Waals surface area contributed by atoms with E-state index in [-0.39, 0.29) is 11.8 Å². The monoisotopic (exact) mass is 233 g/mol. The number of hydrogen-bond acceptors (Lipinski definition) is 3. The Kier molecular flexibility index (Phi) is 2.81. The molecule has 0 spiro atoms. The summed E-state index contributed by atoms with van der Waals surface area (Å²) in [5.41, 5.74) is -0.828. The van der Waals surface area contributed by atoms with E-state index in [9.17, 15) is 13.5 Å². The first-order valence-corrected chi connectivity index (χ1v) is 7.13. The third-order valence-corrected chi connectivity index (χ3v) is 5.85. The van der Waals surface area contributed by atoms with E-state index in [2.05, 4.69) is 0 Å². The van der Waals surface area contributed by atoms with E-state index >= 15 is 0 Å². The summed E-state index contributed by atoms with van der Waals surface area (Å²) in [5.74, 6) is 0. The zero-order valence-corrected chi connectivity index (χ0v) is 9.96. The smallest absolute Gasteiger partial charge is 0.217 e. The molecule has 2 rings (SSSR count). The zero-order valence-electron chi connectivity index (χ0n) is 9.15. The fourth-order valence-corrected chi connectivity index (χ4v) is 4.67. The van der Waals surface area contributed by atoms with Crippen molar-refractivity contribution < 1.29 is 13.5 Å². The summed E-state index contributed by atoms with van der Waals surface area (Å²) in [6.07, 6.45) is 4.18. The molecule has 0 bridgehead atoms. The van der Waals surface area contributed by atoms with Gasteiger partial charge in [0.25, 0.3) is 0 Å². The Bertz CT molecular complexity index is 331. The third kappa shape index (κ3) is 2.19. The van der Waals surface area contributed by atoms with Crippen LogP contribution in [0.4, 0.5) is 0 Å². The first kappa shape index (κ1) is 11.4. The summed E-state index contributed by atoms with van der Waals surface area (Å²) < 4.78 is 25.8. The molecule has 1 N–H and O–H groups in total. The zero-order chi connectivity index (χ0) is 11.1. The van der Waals surface area contributed by atoms with Crippen molar-refractivity contribution in [1.29, 1.82) is 0 Å². The highest BCUT2D eigenvalue weighted by atomic mass is 32.2. The van der Waals surface area contributed by atoms with Crippen LogP contribution >= 0.6 is 0 Å². The van der Waals surface area contributed by atoms with Crippen molar-refractivity contribution in [2.45, 2.75) is 49.9 Å². The normalized spacial score (nSPS) is 35.1. The van der Waals surface area contributed by atoms with Crippen LogP contribution < -0.4 is 0 Å². The second kappa shape index (κ2) is 3.71. The van der Waals surface area contributed by atoms with Gasteiger partial charge in [-0.05, 0) is 26.2 Å². The number of β-amino-alcohol motifs (C(OH)–C–C–N with tert-alkyl or cyclic N) is 1. The molecule has 0 radical (unpaired) electrons. The van der Waals surface area contributed by atoms with Gasteiger partial charge in [0.1, 0.15) is 0 Å². The van der Waals surface area contributed by atoms with E-state index in [0.717, 1.165) is 25.7 Å². The van der Waals surface area contributed by atoms with E-state index in [0.29, 0.717) is 13.0 Å². The second-order valence-electron chi connectivity index (χ2n) is 5.03. The lowest BCUT2D eigenvalue weighted by atomic mass is 10.1. The summed E-state index contributed by atoms with van der Waals surface area (Å²) in [6, 6.07) is 0. The van der Waals surface area contributed by atoms with Crippen molar-refractivity contribution in [2.75, 3.05) is 13.1 Å². The molecule has 0 aromatic rings. The summed E-state index contributed by atoms with van der Waals surface area (Å²) >= 11 is 0. The predicted molar refractivity (Wildman–Crippen MR) is 58.0 cm³/mol. The summed E-state index contributed by atoms with van der Waals surface area (Å²) in [6.45, 7) is 2.45. The standard InChI is InChI=1S/C10H19NO3S/c1-10(12)6-7-11(8-10)15(13,14)9-4-2-3-5-9/h9,12H,2-8H2,1H3. The number of hydrogen-bond donors (Lipinski definition) is 1. The first-order valence-electron chi connectivity index (χ1n) is 5.63. The van der Waals surface area contributed by atoms with Crippen LogP contribution in [0.5, 0.6) is 0 Å². The Hall–Kier alpha value is -0.130. The fraction of sp³-hybridized carbons (Fsp3) is 1.00. The van der Waals surface area contributed by atoms with Crippen LogP contribution in [-0.2, 0) is 10.0 Å². The molecule has 1 atom stereocenters. The molecule has 1 saturated heterocycles. The minimum atomic E-state index is -3.14. The van der Waals surface area contributed by atoms with E-state index in [4.69, 9.17) is 0 Å². The van der Waals surface area contributed by atoms with Gasteiger partial charge in [-0.3, -0.25) is 0 Å². The van der Waals surface area contributed by atoms with Gasteiger partial charge >= 0.3 is 0 Å². The number of sulfonamides is 1. The SMILES string of the molecule is CC1(O)CCN(S(=O)(=O)C2CCCC2)C1. The Morgan fingerprint density at radius 1 is 1.33 bits per heavy atom. The molecular formula is C10H19NO3S. The molecule has 1 saturated carbocycles. The van der Waals surface area contributed by atoms with Gasteiger partial charge in [0.05, 0.1) is 10.9 Å². The third-order valence-electron chi connectivity index (χ3n) is 3.50. The maximum absolute atomic E-state index is 12.1. The van der Waals surface area contributed by atoms with Gasteiger partial charge in [-0.2, -0.15) is 4.31 Å². The number of rotatable bonds is 2. The Morgan fingerprint density at radius 2 is 1.93 bits per heavy atom. The highest BCUT2D eigenvalue weighted by Crippen LogP contribution is 2.31. The molecule has 0 amide bonds. The van der Waals surface area contributed by atoms with E-state index in [1.165, 1.54) is 4.31 Å². The topological polar surface area (TPSA) is 57.6 Å². The van der Waals surface area contributed by atoms with Crippen LogP contribution in [0.2, 0.25) is 0 Å². The number of nitrogens with zero attached hydrogens (tertiary/aromatic N) is 1. The van der Waals surface area contributed by atoms with E-state index in [1.807, 2.05) is 0 Å². The summed E-state index contributed by atoms with van der Waals surface area (Å²) in [7, 11) is -3.14. The molecule has 1 aliphatic heterocycles. The summed E-state index contributed by atoms with van der Waals surface area (Å²) in [5, 5.41) is 9.58. The molecule has 1 unspecified atom stereocenters. The first-order chi connectivity index (χ1) is 6.92. The van der Waals surface area contributed by atoms with Crippen LogP contribution in [0.3, 0.4) is 0 Å². The minimum absolute atomic E-state index is 0.189. The number of aliphatic hydroxyl groups is 1. The van der Waals surface area contributed by atoms with Crippen molar-refractivity contribution >= 4 is 10.0 Å². The van der Waals surface area contributed by atoms with E-state index in [1.54, 1.807) is 6.92 Å². The van der Waals surface area contributed by atoms with Crippen molar-refractivity contribution in [3.63, 3.8) is 0 Å². The van der Waals surface area contributed by atoms with Crippen LogP contribution in [-0.4, -0.2) is 41.8 Å². The maximum Gasteiger partial charge on any atom is 0.217 e. The average molecular weight is 233 g/mol. The predicted octanol–water partition coefficient (Wildman–Crippen LogP) is 0.716. The highest BCUT2D eigenvalue weighted by molar-refractivity contribution is 7.89. The van der Waals surface area contributed by atoms with Gasteiger partial charge in [0, 0.05) is 13.1 Å². The Labute approximate surface area is 91.3 Å². The fourth-order valence-electron chi connectivity index (χ4n) is 2.52. The summed E-state index contributed by atoms with van der Waals surface area (Å²) in [4.78, 5) is 0. The average Bonchev–Trinajstić information content (AvgIpc) is 2.72. The second-order valence-corrected chi connectivity index (χ2v) is 7.24. The molecule has 2 fully saturated rings. The van der Waals surface area contributed by atoms with Gasteiger partial charge in [-0.25, -0.2) is 8.42 Å². The lowest BCUT2D eigenvalue weighted by molar-refractivity contribution is 0.0762. The molecule has 1 aliphatic carbocycles. The molecule has 1 heterocycles. The molecule has 5 heteroatoms. The molecule has 15 heavy (non-hydrogen) atoms. The van der Waals surface area contributed by atoms with Crippen molar-refractivity contribution in [1.82, 2.24) is 4.31 Å². The van der Waals surface area contributed by atoms with Gasteiger partial charge in [-0.1, -0.05) is 12.8 Å². The van der Waals surface area contributed by atoms with Crippen LogP contribution in [0.25, 0.3) is 0 Å². The van der Waals surface area contributed by atoms with Crippen molar-refractivity contribution in [2.24, 2.45) is 0 Å². The Balaban J connectivity index is 2.10. The molecule has 0 aromatic heterocycles. The molecule has 4 nitrogen and oxygen atoms in total.